The molecule has 2 aromatic rings. The Kier molecular flexibility index (Phi) is 5.03. The van der Waals surface area contributed by atoms with Crippen molar-refractivity contribution in [2.75, 3.05) is 6.26 Å². The van der Waals surface area contributed by atoms with Crippen molar-refractivity contribution in [2.45, 2.75) is 10.6 Å². The highest BCUT2D eigenvalue weighted by molar-refractivity contribution is 7.97. The molecule has 0 saturated carbocycles. The van der Waals surface area contributed by atoms with Gasteiger partial charge in [-0.1, -0.05) is 30.3 Å². The Balaban J connectivity index is 2.14. The smallest absolute Gasteiger partial charge is 0.264 e. The maximum Gasteiger partial charge on any atom is 0.264 e. The number of rotatable bonds is 5. The quantitative estimate of drug-likeness (QED) is 0.919. The molecule has 0 radical (unpaired) electrons. The Morgan fingerprint density at radius 2 is 1.67 bits per heavy atom. The van der Waals surface area contributed by atoms with Gasteiger partial charge in [0.15, 0.2) is 0 Å². The third-order valence-corrected chi connectivity index (χ3v) is 4.78. The molecule has 4 nitrogen and oxygen atoms in total. The van der Waals surface area contributed by atoms with Crippen LogP contribution >= 0.6 is 11.8 Å². The van der Waals surface area contributed by atoms with E-state index in [1.165, 1.54) is 12.1 Å². The van der Waals surface area contributed by atoms with Crippen molar-refractivity contribution in [3.63, 3.8) is 0 Å². The summed E-state index contributed by atoms with van der Waals surface area (Å²) in [5.74, 6) is 0.221. The maximum atomic E-state index is 12.1. The van der Waals surface area contributed by atoms with Crippen LogP contribution in [0.25, 0.3) is 0 Å². The average molecular weight is 321 g/mol. The number of hydrogen-bond acceptors (Lipinski definition) is 4. The second-order valence-corrected chi connectivity index (χ2v) is 6.93. The van der Waals surface area contributed by atoms with E-state index in [9.17, 15) is 13.2 Å². The fourth-order valence-corrected chi connectivity index (χ4v) is 3.28. The molecule has 2 aromatic carbocycles. The van der Waals surface area contributed by atoms with Gasteiger partial charge in [0.2, 0.25) is 0 Å². The number of nitrogens with one attached hydrogen (secondary N) is 1. The molecule has 6 heteroatoms. The van der Waals surface area contributed by atoms with E-state index in [4.69, 9.17) is 0 Å². The van der Waals surface area contributed by atoms with E-state index in [0.717, 1.165) is 11.3 Å². The zero-order valence-electron chi connectivity index (χ0n) is 11.4. The van der Waals surface area contributed by atoms with Crippen LogP contribution in [0.5, 0.6) is 0 Å². The van der Waals surface area contributed by atoms with Crippen LogP contribution in [-0.2, 0) is 15.8 Å². The first kappa shape index (κ1) is 15.6. The van der Waals surface area contributed by atoms with Crippen LogP contribution in [0.2, 0.25) is 0 Å². The van der Waals surface area contributed by atoms with Crippen LogP contribution in [-0.4, -0.2) is 20.6 Å². The summed E-state index contributed by atoms with van der Waals surface area (Å²) in [5.41, 5.74) is 1.41. The Bertz CT molecular complexity index is 710. The van der Waals surface area contributed by atoms with Crippen LogP contribution < -0.4 is 4.72 Å². The summed E-state index contributed by atoms with van der Waals surface area (Å²) in [6.45, 7) is 0. The SMILES string of the molecule is CSCc1ccc(C(=O)NS(=O)(=O)c2ccccc2)cc1. The summed E-state index contributed by atoms with van der Waals surface area (Å²) in [6, 6.07) is 14.7. The molecule has 0 spiro atoms. The molecule has 0 saturated heterocycles. The topological polar surface area (TPSA) is 63.2 Å². The molecule has 0 fully saturated rings. The minimum Gasteiger partial charge on any atom is -0.268 e. The van der Waals surface area contributed by atoms with Gasteiger partial charge in [-0.25, -0.2) is 13.1 Å². The van der Waals surface area contributed by atoms with Gasteiger partial charge in [-0.15, -0.1) is 0 Å². The number of carbonyl (C=O) groups excluding carboxylic acids is 1. The zero-order chi connectivity index (χ0) is 15.3. The van der Waals surface area contributed by atoms with Crippen LogP contribution in [0.1, 0.15) is 15.9 Å². The minimum absolute atomic E-state index is 0.0670. The van der Waals surface area contributed by atoms with Gasteiger partial charge in [-0.05, 0) is 36.1 Å². The molecule has 1 N–H and O–H groups in total. The first-order chi connectivity index (χ1) is 10.0. The van der Waals surface area contributed by atoms with E-state index >= 15 is 0 Å². The molecule has 1 amide bonds. The van der Waals surface area contributed by atoms with E-state index in [0.29, 0.717) is 5.56 Å². The lowest BCUT2D eigenvalue weighted by molar-refractivity contribution is 0.0981. The molecule has 0 bridgehead atoms. The normalized spacial score (nSPS) is 11.1. The lowest BCUT2D eigenvalue weighted by Crippen LogP contribution is -2.30. The summed E-state index contributed by atoms with van der Waals surface area (Å²) >= 11 is 1.68. The van der Waals surface area contributed by atoms with Gasteiger partial charge < -0.3 is 0 Å². The molecule has 21 heavy (non-hydrogen) atoms. The first-order valence-corrected chi connectivity index (χ1v) is 9.11. The number of amides is 1. The zero-order valence-corrected chi connectivity index (χ0v) is 13.1. The number of carbonyl (C=O) groups is 1. The summed E-state index contributed by atoms with van der Waals surface area (Å²) in [4.78, 5) is 12.1. The molecular formula is C15H15NO3S2. The van der Waals surface area contributed by atoms with Crippen molar-refractivity contribution in [1.29, 1.82) is 0 Å². The van der Waals surface area contributed by atoms with E-state index in [2.05, 4.69) is 4.72 Å². The molecule has 0 atom stereocenters. The number of thioether (sulfide) groups is 1. The molecule has 0 aliphatic heterocycles. The third kappa shape index (κ3) is 4.09. The predicted octanol–water partition coefficient (Wildman–Crippen LogP) is 2.67. The Hall–Kier alpha value is -1.79. The molecule has 2 rings (SSSR count). The lowest BCUT2D eigenvalue weighted by atomic mass is 10.1. The highest BCUT2D eigenvalue weighted by atomic mass is 32.2. The summed E-state index contributed by atoms with van der Waals surface area (Å²) in [7, 11) is -3.83. The second-order valence-electron chi connectivity index (χ2n) is 4.38. The van der Waals surface area contributed by atoms with Gasteiger partial charge in [-0.2, -0.15) is 11.8 Å². The number of sulfonamides is 1. The molecular weight excluding hydrogens is 306 g/mol. The van der Waals surface area contributed by atoms with Crippen molar-refractivity contribution >= 4 is 27.7 Å². The van der Waals surface area contributed by atoms with E-state index in [1.54, 1.807) is 42.1 Å². The van der Waals surface area contributed by atoms with Gasteiger partial charge in [-0.3, -0.25) is 4.79 Å². The highest BCUT2D eigenvalue weighted by Gasteiger charge is 2.18. The highest BCUT2D eigenvalue weighted by Crippen LogP contribution is 2.12. The Morgan fingerprint density at radius 3 is 2.24 bits per heavy atom. The van der Waals surface area contributed by atoms with Crippen LogP contribution in [0, 0.1) is 0 Å². The average Bonchev–Trinajstić information content (AvgIpc) is 2.49. The molecule has 0 unspecified atom stereocenters. The monoisotopic (exact) mass is 321 g/mol. The molecule has 0 aromatic heterocycles. The van der Waals surface area contributed by atoms with Crippen molar-refractivity contribution in [3.8, 4) is 0 Å². The van der Waals surface area contributed by atoms with Crippen LogP contribution in [0.15, 0.2) is 59.5 Å². The molecule has 0 aliphatic rings. The Labute approximate surface area is 128 Å². The van der Waals surface area contributed by atoms with Gasteiger partial charge in [0, 0.05) is 11.3 Å². The Morgan fingerprint density at radius 1 is 1.05 bits per heavy atom. The van der Waals surface area contributed by atoms with E-state index in [1.807, 2.05) is 18.4 Å². The van der Waals surface area contributed by atoms with Crippen molar-refractivity contribution in [3.05, 3.63) is 65.7 Å². The minimum atomic E-state index is -3.83. The molecule has 0 aliphatic carbocycles. The first-order valence-electron chi connectivity index (χ1n) is 6.23. The van der Waals surface area contributed by atoms with Gasteiger partial charge in [0.05, 0.1) is 4.90 Å². The summed E-state index contributed by atoms with van der Waals surface area (Å²) in [5, 5.41) is 0. The second kappa shape index (κ2) is 6.78. The van der Waals surface area contributed by atoms with E-state index < -0.39 is 15.9 Å². The van der Waals surface area contributed by atoms with Gasteiger partial charge in [0.1, 0.15) is 0 Å². The van der Waals surface area contributed by atoms with Gasteiger partial charge >= 0.3 is 0 Å². The van der Waals surface area contributed by atoms with Crippen molar-refractivity contribution in [1.82, 2.24) is 4.72 Å². The summed E-state index contributed by atoms with van der Waals surface area (Å²) in [6.07, 6.45) is 1.99. The van der Waals surface area contributed by atoms with Crippen molar-refractivity contribution in [2.24, 2.45) is 0 Å². The predicted molar refractivity (Wildman–Crippen MR) is 84.8 cm³/mol. The third-order valence-electron chi connectivity index (χ3n) is 2.81. The fourth-order valence-electron chi connectivity index (χ4n) is 1.76. The summed E-state index contributed by atoms with van der Waals surface area (Å²) < 4.78 is 26.2. The standard InChI is InChI=1S/C15H15NO3S2/c1-20-11-12-7-9-13(10-8-12)15(17)16-21(18,19)14-5-3-2-4-6-14/h2-10H,11H2,1H3,(H,16,17). The van der Waals surface area contributed by atoms with Crippen LogP contribution in [0.4, 0.5) is 0 Å². The largest absolute Gasteiger partial charge is 0.268 e. The van der Waals surface area contributed by atoms with E-state index in [-0.39, 0.29) is 4.90 Å². The van der Waals surface area contributed by atoms with Crippen molar-refractivity contribution < 1.29 is 13.2 Å². The fraction of sp³-hybridized carbons (Fsp3) is 0.133. The van der Waals surface area contributed by atoms with Crippen LogP contribution in [0.3, 0.4) is 0 Å². The molecule has 110 valence electrons. The van der Waals surface area contributed by atoms with Gasteiger partial charge in [0.25, 0.3) is 15.9 Å². The molecule has 0 heterocycles. The number of hydrogen-bond donors (Lipinski definition) is 1. The lowest BCUT2D eigenvalue weighted by Gasteiger charge is -2.07. The number of benzene rings is 2. The maximum absolute atomic E-state index is 12.1.